The van der Waals surface area contributed by atoms with Crippen LogP contribution in [-0.2, 0) is 24.5 Å². The fraction of sp³-hybridized carbons (Fsp3) is 0.280. The number of ether oxygens (including phenoxy) is 3. The van der Waals surface area contributed by atoms with Gasteiger partial charge in [0.1, 0.15) is 13.2 Å². The molecule has 0 unspecified atom stereocenters. The predicted octanol–water partition coefficient (Wildman–Crippen LogP) is 3.94. The van der Waals surface area contributed by atoms with Crippen LogP contribution in [-0.4, -0.2) is 31.5 Å². The maximum absolute atomic E-state index is 8.74. The van der Waals surface area contributed by atoms with Crippen LogP contribution in [0, 0.1) is 0 Å². The molecular formula is C25H29NO4. The zero-order valence-corrected chi connectivity index (χ0v) is 17.1. The lowest BCUT2D eigenvalue weighted by Gasteiger charge is -2.15. The monoisotopic (exact) mass is 407 g/mol. The molecule has 0 aliphatic rings. The molecule has 0 aliphatic carbocycles. The molecule has 0 saturated carbocycles. The fourth-order valence-corrected chi connectivity index (χ4v) is 2.91. The molecule has 30 heavy (non-hydrogen) atoms. The molecule has 3 aromatic carbocycles. The highest BCUT2D eigenvalue weighted by atomic mass is 16.5. The summed E-state index contributed by atoms with van der Waals surface area (Å²) in [5, 5.41) is 12.1. The van der Waals surface area contributed by atoms with Gasteiger partial charge in [-0.15, -0.1) is 0 Å². The van der Waals surface area contributed by atoms with Crippen molar-refractivity contribution in [3.05, 3.63) is 95.6 Å². The zero-order chi connectivity index (χ0) is 20.9. The van der Waals surface area contributed by atoms with E-state index in [1.54, 1.807) is 0 Å². The van der Waals surface area contributed by atoms with Crippen molar-refractivity contribution < 1.29 is 19.3 Å². The molecule has 0 fully saturated rings. The van der Waals surface area contributed by atoms with Crippen molar-refractivity contribution in [1.82, 2.24) is 5.32 Å². The van der Waals surface area contributed by atoms with E-state index in [9.17, 15) is 0 Å². The average molecular weight is 408 g/mol. The summed E-state index contributed by atoms with van der Waals surface area (Å²) in [4.78, 5) is 0. The molecule has 0 bridgehead atoms. The Morgan fingerprint density at radius 2 is 1.30 bits per heavy atom. The summed E-state index contributed by atoms with van der Waals surface area (Å²) in [6, 6.07) is 26.2. The highest BCUT2D eigenvalue weighted by Gasteiger charge is 2.08. The lowest BCUT2D eigenvalue weighted by atomic mass is 10.2. The number of benzene rings is 3. The van der Waals surface area contributed by atoms with E-state index < -0.39 is 0 Å². The van der Waals surface area contributed by atoms with Crippen LogP contribution >= 0.6 is 0 Å². The molecule has 158 valence electrons. The summed E-state index contributed by atoms with van der Waals surface area (Å²) in [5.74, 6) is 1.45. The van der Waals surface area contributed by atoms with Gasteiger partial charge in [0.25, 0.3) is 0 Å². The molecular weight excluding hydrogens is 378 g/mol. The fourth-order valence-electron chi connectivity index (χ4n) is 2.91. The summed E-state index contributed by atoms with van der Waals surface area (Å²) in [5.41, 5.74) is 3.32. The Kier molecular flexibility index (Phi) is 9.21. The van der Waals surface area contributed by atoms with Gasteiger partial charge in [-0.05, 0) is 28.8 Å². The maximum atomic E-state index is 8.74. The first-order valence-electron chi connectivity index (χ1n) is 10.2. The summed E-state index contributed by atoms with van der Waals surface area (Å²) < 4.78 is 17.4. The Bertz CT molecular complexity index is 856. The smallest absolute Gasteiger partial charge is 0.162 e. The number of nitrogens with one attached hydrogen (secondary N) is 1. The second kappa shape index (κ2) is 12.6. The topological polar surface area (TPSA) is 60.0 Å². The minimum absolute atomic E-state index is 0.0482. The number of rotatable bonds is 13. The molecule has 5 heteroatoms. The van der Waals surface area contributed by atoms with Crippen molar-refractivity contribution in [2.45, 2.75) is 19.8 Å². The Morgan fingerprint density at radius 1 is 0.667 bits per heavy atom. The molecule has 3 aromatic rings. The van der Waals surface area contributed by atoms with E-state index in [0.29, 0.717) is 39.5 Å². The van der Waals surface area contributed by atoms with Gasteiger partial charge in [-0.1, -0.05) is 66.7 Å². The van der Waals surface area contributed by atoms with Gasteiger partial charge < -0.3 is 24.6 Å². The third-order valence-corrected chi connectivity index (χ3v) is 4.47. The Hall–Kier alpha value is -2.86. The molecule has 0 amide bonds. The molecule has 0 heterocycles. The molecule has 3 rings (SSSR count). The zero-order valence-electron chi connectivity index (χ0n) is 17.1. The van der Waals surface area contributed by atoms with Gasteiger partial charge in [0.15, 0.2) is 11.5 Å². The van der Waals surface area contributed by atoms with Crippen molar-refractivity contribution in [2.24, 2.45) is 0 Å². The van der Waals surface area contributed by atoms with E-state index in [1.807, 2.05) is 78.9 Å². The molecule has 0 saturated heterocycles. The molecule has 0 aromatic heterocycles. The highest BCUT2D eigenvalue weighted by molar-refractivity contribution is 5.43. The van der Waals surface area contributed by atoms with Crippen LogP contribution in [0.25, 0.3) is 0 Å². The first kappa shape index (κ1) is 21.8. The lowest BCUT2D eigenvalue weighted by Crippen LogP contribution is -2.20. The van der Waals surface area contributed by atoms with Crippen LogP contribution in [0.1, 0.15) is 16.7 Å². The summed E-state index contributed by atoms with van der Waals surface area (Å²) in [6.45, 7) is 3.36. The first-order valence-corrected chi connectivity index (χ1v) is 10.2. The molecule has 0 aliphatic heterocycles. The Morgan fingerprint density at radius 3 is 1.93 bits per heavy atom. The average Bonchev–Trinajstić information content (AvgIpc) is 2.80. The van der Waals surface area contributed by atoms with Gasteiger partial charge in [0.2, 0.25) is 0 Å². The third kappa shape index (κ3) is 7.52. The number of hydrogen-bond donors (Lipinski definition) is 2. The Balaban J connectivity index is 1.62. The molecule has 0 atom stereocenters. The standard InChI is InChI=1S/C25H29NO4/c27-14-16-28-15-13-26-18-23-11-12-24(29-19-21-7-3-1-4-8-21)25(17-23)30-20-22-9-5-2-6-10-22/h1-12,17,26-27H,13-16,18-20H2. The van der Waals surface area contributed by atoms with Crippen LogP contribution in [0.3, 0.4) is 0 Å². The van der Waals surface area contributed by atoms with Gasteiger partial charge in [-0.25, -0.2) is 0 Å². The second-order valence-electron chi connectivity index (χ2n) is 6.84. The van der Waals surface area contributed by atoms with Crippen LogP contribution in [0.15, 0.2) is 78.9 Å². The largest absolute Gasteiger partial charge is 0.485 e. The Labute approximate surface area is 178 Å². The molecule has 2 N–H and O–H groups in total. The van der Waals surface area contributed by atoms with E-state index in [0.717, 1.165) is 28.2 Å². The normalized spacial score (nSPS) is 10.7. The van der Waals surface area contributed by atoms with Crippen LogP contribution < -0.4 is 14.8 Å². The van der Waals surface area contributed by atoms with E-state index >= 15 is 0 Å². The SMILES string of the molecule is OCCOCCNCc1ccc(OCc2ccccc2)c(OCc2ccccc2)c1. The van der Waals surface area contributed by atoms with Gasteiger partial charge in [0, 0.05) is 13.1 Å². The van der Waals surface area contributed by atoms with Crippen molar-refractivity contribution in [3.8, 4) is 11.5 Å². The van der Waals surface area contributed by atoms with Crippen molar-refractivity contribution in [3.63, 3.8) is 0 Å². The summed E-state index contributed by atoms with van der Waals surface area (Å²) >= 11 is 0. The lowest BCUT2D eigenvalue weighted by molar-refractivity contribution is 0.0938. The number of hydrogen-bond acceptors (Lipinski definition) is 5. The van der Waals surface area contributed by atoms with Gasteiger partial charge >= 0.3 is 0 Å². The van der Waals surface area contributed by atoms with Crippen LogP contribution in [0.4, 0.5) is 0 Å². The minimum Gasteiger partial charge on any atom is -0.485 e. The van der Waals surface area contributed by atoms with E-state index in [-0.39, 0.29) is 6.61 Å². The van der Waals surface area contributed by atoms with Gasteiger partial charge in [0.05, 0.1) is 19.8 Å². The second-order valence-corrected chi connectivity index (χ2v) is 6.84. The summed E-state index contributed by atoms with van der Waals surface area (Å²) in [6.07, 6.45) is 0. The van der Waals surface area contributed by atoms with E-state index in [1.165, 1.54) is 0 Å². The van der Waals surface area contributed by atoms with E-state index in [4.69, 9.17) is 19.3 Å². The van der Waals surface area contributed by atoms with E-state index in [2.05, 4.69) is 5.32 Å². The number of aliphatic hydroxyl groups is 1. The third-order valence-electron chi connectivity index (χ3n) is 4.47. The van der Waals surface area contributed by atoms with Crippen LogP contribution in [0.2, 0.25) is 0 Å². The highest BCUT2D eigenvalue weighted by Crippen LogP contribution is 2.30. The van der Waals surface area contributed by atoms with Crippen molar-refractivity contribution in [2.75, 3.05) is 26.4 Å². The first-order chi connectivity index (χ1) is 14.8. The van der Waals surface area contributed by atoms with Crippen molar-refractivity contribution in [1.29, 1.82) is 0 Å². The number of aliphatic hydroxyl groups excluding tert-OH is 1. The van der Waals surface area contributed by atoms with Gasteiger partial charge in [-0.2, -0.15) is 0 Å². The predicted molar refractivity (Wildman–Crippen MR) is 118 cm³/mol. The molecule has 5 nitrogen and oxygen atoms in total. The van der Waals surface area contributed by atoms with Crippen molar-refractivity contribution >= 4 is 0 Å². The minimum atomic E-state index is 0.0482. The maximum Gasteiger partial charge on any atom is 0.162 e. The summed E-state index contributed by atoms with van der Waals surface area (Å²) in [7, 11) is 0. The molecule has 0 spiro atoms. The van der Waals surface area contributed by atoms with Gasteiger partial charge in [-0.3, -0.25) is 0 Å². The quantitative estimate of drug-likeness (QED) is 0.420. The van der Waals surface area contributed by atoms with Crippen LogP contribution in [0.5, 0.6) is 11.5 Å². The molecule has 0 radical (unpaired) electrons.